The molecule has 0 aliphatic heterocycles. The maximum Gasteiger partial charge on any atom is 0.127 e. The van der Waals surface area contributed by atoms with Gasteiger partial charge in [-0.3, -0.25) is 0 Å². The molecule has 5 heteroatoms. The van der Waals surface area contributed by atoms with E-state index in [1.165, 1.54) is 12.1 Å². The second-order valence-electron chi connectivity index (χ2n) is 4.48. The summed E-state index contributed by atoms with van der Waals surface area (Å²) in [7, 11) is 0. The lowest BCUT2D eigenvalue weighted by Gasteiger charge is -2.12. The van der Waals surface area contributed by atoms with E-state index < -0.39 is 6.10 Å². The number of benzene rings is 1. The monoisotopic (exact) mass is 257 g/mol. The topological polar surface area (TPSA) is 61.7 Å². The highest BCUT2D eigenvalue weighted by Gasteiger charge is 2.06. The molecule has 0 aliphatic rings. The minimum absolute atomic E-state index is 0.0585. The van der Waals surface area contributed by atoms with Crippen LogP contribution < -0.4 is 10.1 Å². The molecule has 3 N–H and O–H groups in total. The second-order valence-corrected chi connectivity index (χ2v) is 4.48. The van der Waals surface area contributed by atoms with E-state index in [0.29, 0.717) is 18.3 Å². The van der Waals surface area contributed by atoms with Crippen LogP contribution in [0.5, 0.6) is 5.75 Å². The smallest absolute Gasteiger partial charge is 0.127 e. The second kappa shape index (κ2) is 7.31. The summed E-state index contributed by atoms with van der Waals surface area (Å²) in [4.78, 5) is 0. The van der Waals surface area contributed by atoms with E-state index in [2.05, 4.69) is 5.32 Å². The Balaban J connectivity index is 2.62. The summed E-state index contributed by atoms with van der Waals surface area (Å²) in [5, 5.41) is 21.0. The third-order valence-corrected chi connectivity index (χ3v) is 2.30. The summed E-state index contributed by atoms with van der Waals surface area (Å²) in [6.45, 7) is 4.13. The number of halogens is 1. The Labute approximate surface area is 106 Å². The molecule has 0 heterocycles. The zero-order valence-electron chi connectivity index (χ0n) is 10.7. The van der Waals surface area contributed by atoms with Crippen LogP contribution in [0.25, 0.3) is 0 Å². The number of ether oxygens (including phenoxy) is 1. The van der Waals surface area contributed by atoms with Crippen LogP contribution in [0.1, 0.15) is 19.4 Å². The van der Waals surface area contributed by atoms with Gasteiger partial charge in [0.05, 0.1) is 6.61 Å². The summed E-state index contributed by atoms with van der Waals surface area (Å²) in [6.07, 6.45) is -0.953. The van der Waals surface area contributed by atoms with Crippen molar-refractivity contribution in [3.05, 3.63) is 29.6 Å². The Morgan fingerprint density at radius 1 is 1.33 bits per heavy atom. The molecule has 0 bridgehead atoms. The Morgan fingerprint density at radius 2 is 2.06 bits per heavy atom. The number of aliphatic hydroxyl groups is 2. The SMILES string of the molecule is CC(C)NCc1cc(F)cc(OCC(O)CO)c1. The molecule has 1 unspecified atom stereocenters. The van der Waals surface area contributed by atoms with Crippen LogP contribution >= 0.6 is 0 Å². The van der Waals surface area contributed by atoms with E-state index in [9.17, 15) is 4.39 Å². The lowest BCUT2D eigenvalue weighted by molar-refractivity contribution is 0.0535. The molecular weight excluding hydrogens is 237 g/mol. The van der Waals surface area contributed by atoms with E-state index in [4.69, 9.17) is 14.9 Å². The van der Waals surface area contributed by atoms with Crippen molar-refractivity contribution >= 4 is 0 Å². The third-order valence-electron chi connectivity index (χ3n) is 2.30. The predicted molar refractivity (Wildman–Crippen MR) is 67.0 cm³/mol. The molecule has 0 fully saturated rings. The van der Waals surface area contributed by atoms with Gasteiger partial charge in [0.2, 0.25) is 0 Å². The number of aliphatic hydroxyl groups excluding tert-OH is 2. The molecule has 0 amide bonds. The highest BCUT2D eigenvalue weighted by molar-refractivity contribution is 5.29. The summed E-state index contributed by atoms with van der Waals surface area (Å²) in [6, 6.07) is 4.71. The van der Waals surface area contributed by atoms with E-state index in [0.717, 1.165) is 5.56 Å². The lowest BCUT2D eigenvalue weighted by Crippen LogP contribution is -2.22. The molecule has 0 aromatic heterocycles. The van der Waals surface area contributed by atoms with Crippen LogP contribution in [0.3, 0.4) is 0 Å². The van der Waals surface area contributed by atoms with Gasteiger partial charge >= 0.3 is 0 Å². The third kappa shape index (κ3) is 5.44. The highest BCUT2D eigenvalue weighted by Crippen LogP contribution is 2.16. The largest absolute Gasteiger partial charge is 0.491 e. The van der Waals surface area contributed by atoms with Gasteiger partial charge in [0.1, 0.15) is 24.3 Å². The van der Waals surface area contributed by atoms with Crippen molar-refractivity contribution in [2.75, 3.05) is 13.2 Å². The van der Waals surface area contributed by atoms with Crippen LogP contribution in [-0.2, 0) is 6.54 Å². The normalized spacial score (nSPS) is 12.8. The first-order chi connectivity index (χ1) is 8.51. The van der Waals surface area contributed by atoms with Crippen LogP contribution in [0, 0.1) is 5.82 Å². The van der Waals surface area contributed by atoms with Crippen molar-refractivity contribution in [3.8, 4) is 5.75 Å². The zero-order chi connectivity index (χ0) is 13.5. The quantitative estimate of drug-likeness (QED) is 0.683. The van der Waals surface area contributed by atoms with Gasteiger partial charge in [0.15, 0.2) is 0 Å². The first-order valence-electron chi connectivity index (χ1n) is 5.96. The van der Waals surface area contributed by atoms with Gasteiger partial charge < -0.3 is 20.3 Å². The average molecular weight is 257 g/mol. The van der Waals surface area contributed by atoms with Crippen molar-refractivity contribution in [1.29, 1.82) is 0 Å². The van der Waals surface area contributed by atoms with Gasteiger partial charge in [-0.25, -0.2) is 4.39 Å². The lowest BCUT2D eigenvalue weighted by atomic mass is 10.2. The minimum Gasteiger partial charge on any atom is -0.491 e. The maximum atomic E-state index is 13.3. The fourth-order valence-corrected chi connectivity index (χ4v) is 1.37. The van der Waals surface area contributed by atoms with E-state index in [1.807, 2.05) is 13.8 Å². The first kappa shape index (κ1) is 14.9. The first-order valence-corrected chi connectivity index (χ1v) is 5.96. The van der Waals surface area contributed by atoms with Crippen molar-refractivity contribution in [2.24, 2.45) is 0 Å². The Bertz CT molecular complexity index is 371. The highest BCUT2D eigenvalue weighted by atomic mass is 19.1. The fraction of sp³-hybridized carbons (Fsp3) is 0.538. The van der Waals surface area contributed by atoms with E-state index >= 15 is 0 Å². The average Bonchev–Trinajstić information content (AvgIpc) is 2.33. The van der Waals surface area contributed by atoms with E-state index in [1.54, 1.807) is 6.07 Å². The van der Waals surface area contributed by atoms with Crippen molar-refractivity contribution in [3.63, 3.8) is 0 Å². The number of rotatable bonds is 7. The number of nitrogens with one attached hydrogen (secondary N) is 1. The van der Waals surface area contributed by atoms with Crippen LogP contribution in [0.15, 0.2) is 18.2 Å². The molecule has 0 radical (unpaired) electrons. The molecule has 102 valence electrons. The van der Waals surface area contributed by atoms with Crippen LogP contribution in [0.2, 0.25) is 0 Å². The Morgan fingerprint density at radius 3 is 2.67 bits per heavy atom. The van der Waals surface area contributed by atoms with E-state index in [-0.39, 0.29) is 19.0 Å². The predicted octanol–water partition coefficient (Wildman–Crippen LogP) is 1.06. The molecule has 0 aliphatic carbocycles. The molecule has 1 atom stereocenters. The van der Waals surface area contributed by atoms with Gasteiger partial charge in [-0.15, -0.1) is 0 Å². The molecule has 1 aromatic rings. The summed E-state index contributed by atoms with van der Waals surface area (Å²) >= 11 is 0. The van der Waals surface area contributed by atoms with Gasteiger partial charge in [0, 0.05) is 18.7 Å². The summed E-state index contributed by atoms with van der Waals surface area (Å²) in [5.74, 6) is -0.0328. The molecule has 4 nitrogen and oxygen atoms in total. The zero-order valence-corrected chi connectivity index (χ0v) is 10.7. The fourth-order valence-electron chi connectivity index (χ4n) is 1.37. The molecule has 0 spiro atoms. The van der Waals surface area contributed by atoms with Crippen molar-refractivity contribution < 1.29 is 19.3 Å². The van der Waals surface area contributed by atoms with Crippen molar-refractivity contribution in [2.45, 2.75) is 32.5 Å². The van der Waals surface area contributed by atoms with Crippen LogP contribution in [0.4, 0.5) is 4.39 Å². The molecule has 1 aromatic carbocycles. The van der Waals surface area contributed by atoms with Crippen LogP contribution in [-0.4, -0.2) is 35.6 Å². The summed E-state index contributed by atoms with van der Waals surface area (Å²) < 4.78 is 18.5. The molecule has 1 rings (SSSR count). The number of hydrogen-bond acceptors (Lipinski definition) is 4. The van der Waals surface area contributed by atoms with Gasteiger partial charge in [-0.05, 0) is 17.7 Å². The minimum atomic E-state index is -0.953. The number of hydrogen-bond donors (Lipinski definition) is 3. The Kier molecular flexibility index (Phi) is 6.04. The standard InChI is InChI=1S/C13H20FNO3/c1-9(2)15-6-10-3-11(14)5-13(4-10)18-8-12(17)7-16/h3-5,9,12,15-17H,6-8H2,1-2H3. The maximum absolute atomic E-state index is 13.3. The molecule has 0 saturated heterocycles. The molecule has 0 saturated carbocycles. The van der Waals surface area contributed by atoms with Gasteiger partial charge in [-0.1, -0.05) is 13.8 Å². The molecular formula is C13H20FNO3. The van der Waals surface area contributed by atoms with Crippen molar-refractivity contribution in [1.82, 2.24) is 5.32 Å². The Hall–Kier alpha value is -1.17. The van der Waals surface area contributed by atoms with Gasteiger partial charge in [0.25, 0.3) is 0 Å². The van der Waals surface area contributed by atoms with Gasteiger partial charge in [-0.2, -0.15) is 0 Å². The molecule has 18 heavy (non-hydrogen) atoms. The summed E-state index contributed by atoms with van der Waals surface area (Å²) in [5.41, 5.74) is 0.775.